The molecule has 3 aromatic rings. The number of anilines is 2. The predicted molar refractivity (Wildman–Crippen MR) is 122 cm³/mol. The highest BCUT2D eigenvalue weighted by Crippen LogP contribution is 2.28. The Morgan fingerprint density at radius 2 is 1.69 bits per heavy atom. The van der Waals surface area contributed by atoms with Crippen LogP contribution in [0.15, 0.2) is 42.5 Å². The molecule has 0 spiro atoms. The van der Waals surface area contributed by atoms with Crippen molar-refractivity contribution < 1.29 is 13.6 Å². The largest absolute Gasteiger partial charge is 0.362 e. The summed E-state index contributed by atoms with van der Waals surface area (Å²) in [6.45, 7) is 0.399. The third-order valence-electron chi connectivity index (χ3n) is 5.93. The first kappa shape index (κ1) is 21.9. The average Bonchev–Trinajstić information content (AvgIpc) is 2.78. The van der Waals surface area contributed by atoms with Gasteiger partial charge in [-0.2, -0.15) is 4.98 Å². The summed E-state index contributed by atoms with van der Waals surface area (Å²) >= 11 is 0. The van der Waals surface area contributed by atoms with Crippen molar-refractivity contribution in [3.05, 3.63) is 59.7 Å². The lowest BCUT2D eigenvalue weighted by atomic mass is 9.86. The summed E-state index contributed by atoms with van der Waals surface area (Å²) in [5.74, 6) is -0.650. The summed E-state index contributed by atoms with van der Waals surface area (Å²) in [7, 11) is 3.93. The topological polar surface area (TPSA) is 70.2 Å². The molecule has 1 aliphatic rings. The van der Waals surface area contributed by atoms with E-state index in [0.717, 1.165) is 54.5 Å². The van der Waals surface area contributed by atoms with E-state index in [0.29, 0.717) is 12.5 Å². The van der Waals surface area contributed by atoms with Gasteiger partial charge in [0.15, 0.2) is 0 Å². The fraction of sp³-hybridized carbons (Fsp3) is 0.375. The number of amides is 1. The van der Waals surface area contributed by atoms with E-state index >= 15 is 0 Å². The van der Waals surface area contributed by atoms with Crippen molar-refractivity contribution in [3.8, 4) is 0 Å². The van der Waals surface area contributed by atoms with Gasteiger partial charge in [0.25, 0.3) is 5.91 Å². The molecular formula is C24H27F2N5O. The van der Waals surface area contributed by atoms with Crippen LogP contribution in [0.1, 0.15) is 36.0 Å². The van der Waals surface area contributed by atoms with Gasteiger partial charge in [-0.25, -0.2) is 13.8 Å². The number of hydrogen-bond acceptors (Lipinski definition) is 5. The number of carbonyl (C=O) groups excluding carboxylic acids is 1. The molecule has 6 nitrogen and oxygen atoms in total. The molecule has 1 amide bonds. The Hall–Kier alpha value is -3.29. The minimum absolute atomic E-state index is 0.238. The molecule has 1 heterocycles. The van der Waals surface area contributed by atoms with E-state index in [-0.39, 0.29) is 12.0 Å². The Bertz CT molecular complexity index is 1090. The van der Waals surface area contributed by atoms with Crippen molar-refractivity contribution in [2.45, 2.75) is 31.7 Å². The van der Waals surface area contributed by atoms with Gasteiger partial charge in [-0.15, -0.1) is 0 Å². The highest BCUT2D eigenvalue weighted by molar-refractivity contribution is 5.94. The molecule has 0 aliphatic heterocycles. The minimum atomic E-state index is -0.845. The van der Waals surface area contributed by atoms with Crippen LogP contribution in [-0.2, 0) is 0 Å². The Labute approximate surface area is 186 Å². The maximum absolute atomic E-state index is 13.8. The molecule has 1 fully saturated rings. The summed E-state index contributed by atoms with van der Waals surface area (Å²) < 4.78 is 27.6. The van der Waals surface area contributed by atoms with Gasteiger partial charge in [-0.05, 0) is 55.9 Å². The Morgan fingerprint density at radius 1 is 1.00 bits per heavy atom. The van der Waals surface area contributed by atoms with E-state index in [1.165, 1.54) is 6.07 Å². The molecular weight excluding hydrogens is 412 g/mol. The molecule has 0 radical (unpaired) electrons. The zero-order chi connectivity index (χ0) is 22.7. The van der Waals surface area contributed by atoms with Crippen LogP contribution >= 0.6 is 0 Å². The minimum Gasteiger partial charge on any atom is -0.362 e. The van der Waals surface area contributed by atoms with Crippen LogP contribution in [0.25, 0.3) is 10.9 Å². The van der Waals surface area contributed by atoms with E-state index in [1.807, 2.05) is 43.3 Å². The van der Waals surface area contributed by atoms with Crippen LogP contribution < -0.4 is 15.5 Å². The molecule has 0 unspecified atom stereocenters. The highest BCUT2D eigenvalue weighted by atomic mass is 19.1. The lowest BCUT2D eigenvalue weighted by molar-refractivity contribution is 0.0935. The maximum atomic E-state index is 13.8. The van der Waals surface area contributed by atoms with Crippen molar-refractivity contribution >= 4 is 28.6 Å². The lowest BCUT2D eigenvalue weighted by Crippen LogP contribution is -2.34. The molecule has 1 aliphatic carbocycles. The van der Waals surface area contributed by atoms with Crippen LogP contribution in [0.3, 0.4) is 0 Å². The first-order valence-electron chi connectivity index (χ1n) is 10.8. The normalized spacial score (nSPS) is 18.4. The number of carbonyl (C=O) groups is 1. The van der Waals surface area contributed by atoms with Crippen LogP contribution in [0, 0.1) is 17.6 Å². The Balaban J connectivity index is 1.33. The molecule has 2 N–H and O–H groups in total. The van der Waals surface area contributed by atoms with Crippen LogP contribution in [0.5, 0.6) is 0 Å². The molecule has 0 bridgehead atoms. The zero-order valence-electron chi connectivity index (χ0n) is 18.2. The second kappa shape index (κ2) is 9.46. The monoisotopic (exact) mass is 439 g/mol. The number of aromatic nitrogens is 2. The van der Waals surface area contributed by atoms with Crippen LogP contribution in [0.4, 0.5) is 20.5 Å². The second-order valence-corrected chi connectivity index (χ2v) is 8.45. The van der Waals surface area contributed by atoms with E-state index in [9.17, 15) is 13.6 Å². The maximum Gasteiger partial charge on any atom is 0.257 e. The summed E-state index contributed by atoms with van der Waals surface area (Å²) in [6, 6.07) is 11.6. The fourth-order valence-corrected chi connectivity index (χ4v) is 4.20. The standard InChI is InChI=1S/C24H27F2N5O/c1-31(2)22-17-6-3-4-9-20(17)29-24(30-22)28-16-12-10-15(11-13-16)14-27-23(32)21-18(25)7-5-8-19(21)26/h3-9,15-16H,10-14H2,1-2H3,(H,27,32)(H,28,29,30)/t15-,16+. The SMILES string of the molecule is CN(C)c1nc(N[C@H]2CC[C@@H](CNC(=O)c3c(F)cccc3F)CC2)nc2ccccc12. The van der Waals surface area contributed by atoms with Gasteiger partial charge in [0.2, 0.25) is 5.95 Å². The van der Waals surface area contributed by atoms with Crippen molar-refractivity contribution in [3.63, 3.8) is 0 Å². The molecule has 2 aromatic carbocycles. The molecule has 1 saturated carbocycles. The molecule has 32 heavy (non-hydrogen) atoms. The average molecular weight is 440 g/mol. The molecule has 0 atom stereocenters. The van der Waals surface area contributed by atoms with Gasteiger partial charge in [0, 0.05) is 32.1 Å². The number of nitrogens with zero attached hydrogens (tertiary/aromatic N) is 3. The third kappa shape index (κ3) is 4.79. The third-order valence-corrected chi connectivity index (χ3v) is 5.93. The summed E-state index contributed by atoms with van der Waals surface area (Å²) in [6.07, 6.45) is 3.60. The summed E-state index contributed by atoms with van der Waals surface area (Å²) in [4.78, 5) is 23.5. The van der Waals surface area contributed by atoms with Gasteiger partial charge in [0.1, 0.15) is 23.0 Å². The predicted octanol–water partition coefficient (Wildman–Crippen LogP) is 4.37. The lowest BCUT2D eigenvalue weighted by Gasteiger charge is -2.29. The first-order chi connectivity index (χ1) is 15.4. The van der Waals surface area contributed by atoms with Crippen molar-refractivity contribution in [2.75, 3.05) is 30.9 Å². The number of benzene rings is 2. The number of hydrogen-bond donors (Lipinski definition) is 2. The van der Waals surface area contributed by atoms with Gasteiger partial charge in [0.05, 0.1) is 5.52 Å². The second-order valence-electron chi connectivity index (χ2n) is 8.45. The van der Waals surface area contributed by atoms with E-state index in [1.54, 1.807) is 0 Å². The van der Waals surface area contributed by atoms with Crippen molar-refractivity contribution in [1.29, 1.82) is 0 Å². The molecule has 4 rings (SSSR count). The van der Waals surface area contributed by atoms with E-state index < -0.39 is 23.1 Å². The van der Waals surface area contributed by atoms with Gasteiger partial charge in [-0.3, -0.25) is 4.79 Å². The number of nitrogens with one attached hydrogen (secondary N) is 2. The van der Waals surface area contributed by atoms with Crippen molar-refractivity contribution in [2.24, 2.45) is 5.92 Å². The molecule has 8 heteroatoms. The number of para-hydroxylation sites is 1. The Morgan fingerprint density at radius 3 is 2.38 bits per heavy atom. The van der Waals surface area contributed by atoms with Crippen molar-refractivity contribution in [1.82, 2.24) is 15.3 Å². The van der Waals surface area contributed by atoms with Crippen LogP contribution in [-0.4, -0.2) is 42.6 Å². The van der Waals surface area contributed by atoms with Gasteiger partial charge < -0.3 is 15.5 Å². The fourth-order valence-electron chi connectivity index (χ4n) is 4.20. The van der Waals surface area contributed by atoms with Gasteiger partial charge >= 0.3 is 0 Å². The number of rotatable bonds is 6. The molecule has 168 valence electrons. The van der Waals surface area contributed by atoms with Gasteiger partial charge in [-0.1, -0.05) is 18.2 Å². The smallest absolute Gasteiger partial charge is 0.257 e. The summed E-state index contributed by atoms with van der Waals surface area (Å²) in [5, 5.41) is 7.15. The number of fused-ring (bicyclic) bond motifs is 1. The number of halogens is 2. The Kier molecular flexibility index (Phi) is 6.48. The highest BCUT2D eigenvalue weighted by Gasteiger charge is 2.24. The zero-order valence-corrected chi connectivity index (χ0v) is 18.2. The molecule has 0 saturated heterocycles. The van der Waals surface area contributed by atoms with Crippen LogP contribution in [0.2, 0.25) is 0 Å². The van der Waals surface area contributed by atoms with E-state index in [4.69, 9.17) is 4.98 Å². The molecule has 1 aromatic heterocycles. The quantitative estimate of drug-likeness (QED) is 0.597. The summed E-state index contributed by atoms with van der Waals surface area (Å²) in [5.41, 5.74) is 0.374. The first-order valence-corrected chi connectivity index (χ1v) is 10.8. The van der Waals surface area contributed by atoms with E-state index in [2.05, 4.69) is 15.6 Å².